The van der Waals surface area contributed by atoms with Gasteiger partial charge in [0.1, 0.15) is 11.6 Å². The third kappa shape index (κ3) is 3.62. The Morgan fingerprint density at radius 1 is 1.71 bits per heavy atom. The first-order chi connectivity index (χ1) is 8.05. The van der Waals surface area contributed by atoms with E-state index in [-0.39, 0.29) is 12.1 Å². The second-order valence-electron chi connectivity index (χ2n) is 4.03. The Hall–Kier alpha value is -1.25. The molecule has 0 saturated carbocycles. The lowest BCUT2D eigenvalue weighted by molar-refractivity contribution is -0.137. The number of hydrogen-bond acceptors (Lipinski definition) is 6. The van der Waals surface area contributed by atoms with Gasteiger partial charge in [0.05, 0.1) is 6.61 Å². The van der Waals surface area contributed by atoms with Crippen molar-refractivity contribution in [3.8, 4) is 0 Å². The molecule has 1 saturated heterocycles. The smallest absolute Gasteiger partial charge is 0.321 e. The molecule has 1 fully saturated rings. The van der Waals surface area contributed by atoms with Crippen LogP contribution in [0.5, 0.6) is 0 Å². The maximum Gasteiger partial charge on any atom is 0.321 e. The fourth-order valence-electron chi connectivity index (χ4n) is 1.44. The van der Waals surface area contributed by atoms with Gasteiger partial charge in [0.2, 0.25) is 5.13 Å². The van der Waals surface area contributed by atoms with Crippen molar-refractivity contribution in [3.05, 3.63) is 5.51 Å². The summed E-state index contributed by atoms with van der Waals surface area (Å²) in [5.41, 5.74) is 1.55. The minimum Gasteiger partial charge on any atom is -0.348 e. The van der Waals surface area contributed by atoms with Gasteiger partial charge in [-0.1, -0.05) is 11.3 Å². The van der Waals surface area contributed by atoms with Crippen molar-refractivity contribution in [2.75, 3.05) is 18.5 Å². The molecule has 7 nitrogen and oxygen atoms in total. The molecule has 2 rings (SSSR count). The summed E-state index contributed by atoms with van der Waals surface area (Å²) in [5, 5.41) is 13.0. The second-order valence-corrected chi connectivity index (χ2v) is 4.86. The first-order valence-electron chi connectivity index (χ1n) is 5.18. The molecule has 2 heterocycles. The van der Waals surface area contributed by atoms with Crippen LogP contribution in [0.1, 0.15) is 13.8 Å². The minimum atomic E-state index is -0.567. The summed E-state index contributed by atoms with van der Waals surface area (Å²) in [7, 11) is 0. The molecule has 1 unspecified atom stereocenters. The zero-order valence-electron chi connectivity index (χ0n) is 9.60. The molecule has 0 bridgehead atoms. The van der Waals surface area contributed by atoms with Gasteiger partial charge in [0.15, 0.2) is 5.79 Å². The number of rotatable bonds is 3. The Morgan fingerprint density at radius 2 is 2.53 bits per heavy atom. The molecule has 8 heteroatoms. The highest BCUT2D eigenvalue weighted by Gasteiger charge is 2.32. The van der Waals surface area contributed by atoms with Crippen LogP contribution in [0.2, 0.25) is 0 Å². The molecule has 2 amide bonds. The van der Waals surface area contributed by atoms with Gasteiger partial charge in [0.25, 0.3) is 0 Å². The highest BCUT2D eigenvalue weighted by Crippen LogP contribution is 2.21. The lowest BCUT2D eigenvalue weighted by atomic mass is 10.4. The van der Waals surface area contributed by atoms with Gasteiger partial charge in [-0.05, 0) is 13.8 Å². The molecule has 1 atom stereocenters. The summed E-state index contributed by atoms with van der Waals surface area (Å²) >= 11 is 1.26. The van der Waals surface area contributed by atoms with Crippen LogP contribution in [0.15, 0.2) is 5.51 Å². The molecule has 17 heavy (non-hydrogen) atoms. The third-order valence-electron chi connectivity index (χ3n) is 2.14. The van der Waals surface area contributed by atoms with Crippen molar-refractivity contribution < 1.29 is 14.3 Å². The number of nitrogens with zero attached hydrogens (tertiary/aromatic N) is 2. The molecular formula is C9H14N4O3S. The zero-order valence-corrected chi connectivity index (χ0v) is 10.4. The van der Waals surface area contributed by atoms with Gasteiger partial charge < -0.3 is 14.8 Å². The third-order valence-corrected chi connectivity index (χ3v) is 2.74. The lowest BCUT2D eigenvalue weighted by Crippen LogP contribution is -2.37. The summed E-state index contributed by atoms with van der Waals surface area (Å²) in [6, 6.07) is -0.324. The number of hydrogen-bond donors (Lipinski definition) is 2. The molecule has 1 aromatic heterocycles. The Labute approximate surface area is 103 Å². The molecule has 1 aliphatic heterocycles. The van der Waals surface area contributed by atoms with Crippen molar-refractivity contribution in [1.29, 1.82) is 0 Å². The first-order valence-corrected chi connectivity index (χ1v) is 6.06. The lowest BCUT2D eigenvalue weighted by Gasteiger charge is -2.17. The molecule has 0 radical (unpaired) electrons. The van der Waals surface area contributed by atoms with Gasteiger partial charge in [-0.15, -0.1) is 10.2 Å². The zero-order chi connectivity index (χ0) is 12.3. The van der Waals surface area contributed by atoms with Crippen LogP contribution in [0, 0.1) is 0 Å². The highest BCUT2D eigenvalue weighted by molar-refractivity contribution is 7.13. The number of carbonyl (C=O) groups is 1. The number of ether oxygens (including phenoxy) is 2. The first kappa shape index (κ1) is 12.2. The van der Waals surface area contributed by atoms with Gasteiger partial charge in [-0.3, -0.25) is 5.32 Å². The Bertz CT molecular complexity index is 382. The maximum absolute atomic E-state index is 11.4. The monoisotopic (exact) mass is 258 g/mol. The van der Waals surface area contributed by atoms with Crippen molar-refractivity contribution in [2.24, 2.45) is 0 Å². The fraction of sp³-hybridized carbons (Fsp3) is 0.667. The van der Waals surface area contributed by atoms with Gasteiger partial charge >= 0.3 is 6.03 Å². The SMILES string of the molecule is CC1(C)OCC(CNC(=O)Nc2nncs2)O1. The average molecular weight is 258 g/mol. The van der Waals surface area contributed by atoms with E-state index in [1.54, 1.807) is 5.51 Å². The minimum absolute atomic E-state index is 0.120. The van der Waals surface area contributed by atoms with E-state index in [0.29, 0.717) is 18.3 Å². The van der Waals surface area contributed by atoms with Crippen molar-refractivity contribution >= 4 is 22.5 Å². The normalized spacial score (nSPS) is 22.4. The summed E-state index contributed by atoms with van der Waals surface area (Å²) in [5.74, 6) is -0.567. The van der Waals surface area contributed by atoms with Crippen LogP contribution in [0.25, 0.3) is 0 Å². The largest absolute Gasteiger partial charge is 0.348 e. The quantitative estimate of drug-likeness (QED) is 0.838. The number of amides is 2. The van der Waals surface area contributed by atoms with E-state index >= 15 is 0 Å². The summed E-state index contributed by atoms with van der Waals surface area (Å²) in [6.45, 7) is 4.56. The van der Waals surface area contributed by atoms with E-state index < -0.39 is 5.79 Å². The van der Waals surface area contributed by atoms with E-state index in [9.17, 15) is 4.79 Å². The van der Waals surface area contributed by atoms with Crippen LogP contribution in [0.4, 0.5) is 9.93 Å². The Kier molecular flexibility index (Phi) is 3.55. The van der Waals surface area contributed by atoms with Crippen LogP contribution in [0.3, 0.4) is 0 Å². The predicted octanol–water partition coefficient (Wildman–Crippen LogP) is 0.811. The van der Waals surface area contributed by atoms with Crippen molar-refractivity contribution in [3.63, 3.8) is 0 Å². The topological polar surface area (TPSA) is 85.4 Å². The number of aromatic nitrogens is 2. The van der Waals surface area contributed by atoms with Crippen LogP contribution < -0.4 is 10.6 Å². The van der Waals surface area contributed by atoms with E-state index in [1.165, 1.54) is 11.3 Å². The predicted molar refractivity (Wildman–Crippen MR) is 61.8 cm³/mol. The molecular weight excluding hydrogens is 244 g/mol. The van der Waals surface area contributed by atoms with Gasteiger partial charge in [-0.2, -0.15) is 0 Å². The molecule has 0 aliphatic carbocycles. The molecule has 0 spiro atoms. The molecule has 1 aromatic rings. The number of carbonyl (C=O) groups excluding carboxylic acids is 1. The molecule has 94 valence electrons. The van der Waals surface area contributed by atoms with E-state index in [2.05, 4.69) is 20.8 Å². The number of nitrogens with one attached hydrogen (secondary N) is 2. The maximum atomic E-state index is 11.4. The summed E-state index contributed by atoms with van der Waals surface area (Å²) in [6.07, 6.45) is -0.120. The number of anilines is 1. The van der Waals surface area contributed by atoms with Gasteiger partial charge in [0, 0.05) is 6.54 Å². The standard InChI is InChI=1S/C9H14N4O3S/c1-9(2)15-4-6(16-9)3-10-7(14)12-8-13-11-5-17-8/h5-6H,3-4H2,1-2H3,(H2,10,12,13,14). The van der Waals surface area contributed by atoms with Crippen molar-refractivity contribution in [1.82, 2.24) is 15.5 Å². The van der Waals surface area contributed by atoms with Gasteiger partial charge in [-0.25, -0.2) is 4.79 Å². The molecule has 2 N–H and O–H groups in total. The summed E-state index contributed by atoms with van der Waals surface area (Å²) < 4.78 is 10.9. The summed E-state index contributed by atoms with van der Waals surface area (Å²) in [4.78, 5) is 11.4. The van der Waals surface area contributed by atoms with Crippen molar-refractivity contribution in [2.45, 2.75) is 25.7 Å². The molecule has 0 aromatic carbocycles. The average Bonchev–Trinajstić information content (AvgIpc) is 2.85. The van der Waals surface area contributed by atoms with Crippen LogP contribution >= 0.6 is 11.3 Å². The Balaban J connectivity index is 1.70. The second kappa shape index (κ2) is 4.94. The van der Waals surface area contributed by atoms with E-state index in [1.807, 2.05) is 13.8 Å². The fourth-order valence-corrected chi connectivity index (χ4v) is 1.88. The van der Waals surface area contributed by atoms with Crippen LogP contribution in [-0.2, 0) is 9.47 Å². The van der Waals surface area contributed by atoms with E-state index in [4.69, 9.17) is 9.47 Å². The van der Waals surface area contributed by atoms with E-state index in [0.717, 1.165) is 0 Å². The Morgan fingerprint density at radius 3 is 3.12 bits per heavy atom. The number of urea groups is 1. The molecule has 1 aliphatic rings. The highest BCUT2D eigenvalue weighted by atomic mass is 32.1. The van der Waals surface area contributed by atoms with Crippen LogP contribution in [-0.4, -0.2) is 41.3 Å².